The second-order valence-electron chi connectivity index (χ2n) is 31.4. The minimum atomic E-state index is 0.222. The first kappa shape index (κ1) is 85.0. The van der Waals surface area contributed by atoms with Gasteiger partial charge in [-0.15, -0.1) is 0 Å². The molecule has 1 nitrogen and oxygen atoms in total. The fourth-order valence-corrected chi connectivity index (χ4v) is 15.8. The van der Waals surface area contributed by atoms with Crippen LogP contribution < -0.4 is 0 Å². The van der Waals surface area contributed by atoms with Crippen molar-refractivity contribution < 1.29 is 0 Å². The van der Waals surface area contributed by atoms with Gasteiger partial charge in [-0.25, -0.2) is 0 Å². The molecule has 0 aliphatic rings. The largest absolute Gasteiger partial charge is 0.288 e. The van der Waals surface area contributed by atoms with E-state index in [4.69, 9.17) is 0 Å². The van der Waals surface area contributed by atoms with E-state index >= 15 is 0 Å². The summed E-state index contributed by atoms with van der Waals surface area (Å²) in [6.07, 6.45) is 105. The maximum absolute atomic E-state index is 3.10. The lowest BCUT2D eigenvalue weighted by Gasteiger charge is -2.57. The third-order valence-corrected chi connectivity index (χ3v) is 21.0. The second-order valence-corrected chi connectivity index (χ2v) is 31.4. The van der Waals surface area contributed by atoms with Crippen molar-refractivity contribution in [3.8, 4) is 0 Å². The molecule has 0 aromatic heterocycles. The fourth-order valence-electron chi connectivity index (χ4n) is 15.8. The molecule has 512 valence electrons. The highest BCUT2D eigenvalue weighted by Crippen LogP contribution is 2.42. The molecule has 0 bridgehead atoms. The van der Waals surface area contributed by atoms with Gasteiger partial charge in [0.1, 0.15) is 0 Å². The first-order valence-corrected chi connectivity index (χ1v) is 41.4. The predicted molar refractivity (Wildman–Crippen MR) is 394 cm³/mol. The van der Waals surface area contributed by atoms with Crippen molar-refractivity contribution in [2.45, 2.75) is 541 Å². The van der Waals surface area contributed by atoms with E-state index in [1.54, 1.807) is 0 Å². The molecule has 0 N–H and O–H groups in total. The molecule has 0 aliphatic carbocycles. The van der Waals surface area contributed by atoms with Gasteiger partial charge < -0.3 is 0 Å². The Morgan fingerprint density at radius 2 is 0.212 bits per heavy atom. The zero-order chi connectivity index (χ0) is 62.0. The van der Waals surface area contributed by atoms with Crippen LogP contribution in [0.3, 0.4) is 0 Å². The first-order chi connectivity index (χ1) is 41.5. The average molecular weight is 1200 g/mol. The van der Waals surface area contributed by atoms with Crippen molar-refractivity contribution in [2.75, 3.05) is 0 Å². The molecular formula is C84H171N. The summed E-state index contributed by atoms with van der Waals surface area (Å²) < 4.78 is 0. The van der Waals surface area contributed by atoms with E-state index in [1.165, 1.54) is 462 Å². The Kier molecular flexibility index (Phi) is 66.8. The summed E-state index contributed by atoms with van der Waals surface area (Å²) in [6.45, 7) is 22.8. The highest BCUT2D eigenvalue weighted by Gasteiger charge is 2.45. The molecule has 0 amide bonds. The smallest absolute Gasteiger partial charge is 0.0163 e. The van der Waals surface area contributed by atoms with E-state index in [0.29, 0.717) is 0 Å². The van der Waals surface area contributed by atoms with Crippen LogP contribution in [0, 0.1) is 0 Å². The summed E-state index contributed by atoms with van der Waals surface area (Å²) in [4.78, 5) is 3.10. The van der Waals surface area contributed by atoms with Gasteiger partial charge in [0, 0.05) is 16.6 Å². The van der Waals surface area contributed by atoms with E-state index in [9.17, 15) is 0 Å². The van der Waals surface area contributed by atoms with Gasteiger partial charge in [0.15, 0.2) is 0 Å². The molecule has 85 heavy (non-hydrogen) atoms. The van der Waals surface area contributed by atoms with Crippen LogP contribution in [0.4, 0.5) is 0 Å². The van der Waals surface area contributed by atoms with Crippen molar-refractivity contribution in [2.24, 2.45) is 0 Å². The molecule has 0 spiro atoms. The van der Waals surface area contributed by atoms with Crippen molar-refractivity contribution in [3.63, 3.8) is 0 Å². The Morgan fingerprint density at radius 1 is 0.129 bits per heavy atom. The maximum atomic E-state index is 3.10. The summed E-state index contributed by atoms with van der Waals surface area (Å²) in [5.74, 6) is 0. The van der Waals surface area contributed by atoms with E-state index in [0.717, 1.165) is 0 Å². The zero-order valence-electron chi connectivity index (χ0n) is 61.9. The van der Waals surface area contributed by atoms with E-state index in [1.807, 2.05) is 0 Å². The van der Waals surface area contributed by atoms with Gasteiger partial charge in [-0.2, -0.15) is 0 Å². The summed E-state index contributed by atoms with van der Waals surface area (Å²) in [5.41, 5.74) is 0.665. The minimum Gasteiger partial charge on any atom is -0.288 e. The third kappa shape index (κ3) is 61.2. The molecule has 0 saturated carbocycles. The number of nitrogens with zero attached hydrogens (tertiary/aromatic N) is 1. The number of rotatable bonds is 75. The number of unbranched alkanes of at least 4 members (excludes halogenated alkanes) is 66. The Hall–Kier alpha value is -0.0400. The number of hydrogen-bond acceptors (Lipinski definition) is 1. The van der Waals surface area contributed by atoms with E-state index in [2.05, 4.69) is 67.2 Å². The van der Waals surface area contributed by atoms with E-state index in [-0.39, 0.29) is 16.6 Å². The molecule has 0 atom stereocenters. The lowest BCUT2D eigenvalue weighted by molar-refractivity contribution is -0.0784. The van der Waals surface area contributed by atoms with Gasteiger partial charge in [-0.05, 0) is 60.8 Å². The minimum absolute atomic E-state index is 0.222. The molecule has 0 saturated heterocycles. The van der Waals surface area contributed by atoms with Crippen LogP contribution >= 0.6 is 0 Å². The summed E-state index contributed by atoms with van der Waals surface area (Å²) in [7, 11) is 0. The SMILES string of the molecule is CCCCCCCCCCCCCCCCCCCCCCCCCC(C)(C)N(C(C)(C)CCCCCCCCCCCCCCCCCCCCCCCCC)C(C)(C)CCCCCCCCCCCCCCCCCCCCCCCCC. The van der Waals surface area contributed by atoms with Crippen LogP contribution in [0.5, 0.6) is 0 Å². The Bertz CT molecular complexity index is 1060. The van der Waals surface area contributed by atoms with Crippen LogP contribution in [-0.2, 0) is 0 Å². The lowest BCUT2D eigenvalue weighted by Crippen LogP contribution is -2.64. The van der Waals surface area contributed by atoms with Gasteiger partial charge in [0.05, 0.1) is 0 Å². The van der Waals surface area contributed by atoms with Crippen molar-refractivity contribution in [3.05, 3.63) is 0 Å². The summed E-state index contributed by atoms with van der Waals surface area (Å²) in [5, 5.41) is 0. The molecule has 0 radical (unpaired) electrons. The van der Waals surface area contributed by atoms with Gasteiger partial charge >= 0.3 is 0 Å². The highest BCUT2D eigenvalue weighted by atomic mass is 15.3. The van der Waals surface area contributed by atoms with Crippen LogP contribution in [-0.4, -0.2) is 21.5 Å². The monoisotopic (exact) mass is 1190 g/mol. The summed E-state index contributed by atoms with van der Waals surface area (Å²) >= 11 is 0. The average Bonchev–Trinajstić information content (AvgIpc) is 3.68. The topological polar surface area (TPSA) is 3.24 Å². The third-order valence-electron chi connectivity index (χ3n) is 21.0. The highest BCUT2D eigenvalue weighted by molar-refractivity contribution is 5.00. The number of hydrogen-bond donors (Lipinski definition) is 0. The fraction of sp³-hybridized carbons (Fsp3) is 1.00. The van der Waals surface area contributed by atoms with Crippen molar-refractivity contribution in [1.82, 2.24) is 4.90 Å². The normalized spacial score (nSPS) is 12.5. The Morgan fingerprint density at radius 3 is 0.306 bits per heavy atom. The molecule has 0 aliphatic heterocycles. The van der Waals surface area contributed by atoms with Gasteiger partial charge in [-0.1, -0.05) is 464 Å². The van der Waals surface area contributed by atoms with Crippen LogP contribution in [0.2, 0.25) is 0 Å². The van der Waals surface area contributed by atoms with E-state index < -0.39 is 0 Å². The van der Waals surface area contributed by atoms with Crippen molar-refractivity contribution >= 4 is 0 Å². The molecule has 0 fully saturated rings. The Balaban J connectivity index is 4.56. The molecule has 0 unspecified atom stereocenters. The van der Waals surface area contributed by atoms with Crippen LogP contribution in [0.1, 0.15) is 525 Å². The Labute approximate surface area is 543 Å². The van der Waals surface area contributed by atoms with Gasteiger partial charge in [-0.3, -0.25) is 4.90 Å². The lowest BCUT2D eigenvalue weighted by atomic mass is 9.78. The van der Waals surface area contributed by atoms with Gasteiger partial charge in [0.25, 0.3) is 0 Å². The second kappa shape index (κ2) is 66.9. The van der Waals surface area contributed by atoms with Crippen molar-refractivity contribution in [1.29, 1.82) is 0 Å². The van der Waals surface area contributed by atoms with Crippen LogP contribution in [0.15, 0.2) is 0 Å². The maximum Gasteiger partial charge on any atom is 0.0163 e. The zero-order valence-corrected chi connectivity index (χ0v) is 61.9. The molecule has 0 aromatic carbocycles. The van der Waals surface area contributed by atoms with Crippen LogP contribution in [0.25, 0.3) is 0 Å². The molecule has 1 heteroatoms. The molecule has 0 heterocycles. The quantitative estimate of drug-likeness (QED) is 0.0549. The predicted octanol–water partition coefficient (Wildman–Crippen LogP) is 31.8. The first-order valence-electron chi connectivity index (χ1n) is 41.4. The van der Waals surface area contributed by atoms with Gasteiger partial charge in [0.2, 0.25) is 0 Å². The molecule has 0 rings (SSSR count). The molecular weight excluding hydrogens is 1020 g/mol. The standard InChI is InChI=1S/C84H171N/c1-10-13-16-19-22-25-28-31-34-37-40-43-46-49-52-55-58-61-64-67-70-73-76-79-82(4,5)85(83(6,7)80-77-74-71-68-65-62-59-56-53-50-47-44-41-38-35-32-29-26-23-20-17-14-11-2)84(8,9)81-78-75-72-69-66-63-60-57-54-51-48-45-42-39-36-33-30-27-24-21-18-15-12-3/h10-81H2,1-9H3. The molecule has 0 aromatic rings. The summed E-state index contributed by atoms with van der Waals surface area (Å²) in [6, 6.07) is 0.